The predicted octanol–water partition coefficient (Wildman–Crippen LogP) is 5.72. The van der Waals surface area contributed by atoms with E-state index in [1.54, 1.807) is 12.4 Å². The third-order valence-corrected chi connectivity index (χ3v) is 7.27. The first-order chi connectivity index (χ1) is 17.7. The van der Waals surface area contributed by atoms with Crippen molar-refractivity contribution in [2.24, 2.45) is 0 Å². The van der Waals surface area contributed by atoms with Crippen LogP contribution < -0.4 is 5.56 Å². The topological polar surface area (TPSA) is 51.0 Å². The summed E-state index contributed by atoms with van der Waals surface area (Å²) in [6, 6.07) is 23.9. The van der Waals surface area contributed by atoms with Gasteiger partial charge in [-0.1, -0.05) is 48.0 Å². The molecule has 5 aromatic rings. The maximum absolute atomic E-state index is 13.8. The molecule has 0 amide bonds. The molecule has 178 valence electrons. The molecule has 6 rings (SSSR count). The number of benzene rings is 2. The smallest absolute Gasteiger partial charge is 0.259 e. The molecule has 0 saturated heterocycles. The number of halogens is 1. The van der Waals surface area contributed by atoms with Crippen molar-refractivity contribution in [2.75, 3.05) is 6.54 Å². The van der Waals surface area contributed by atoms with Gasteiger partial charge in [0.05, 0.1) is 12.1 Å². The minimum absolute atomic E-state index is 0.00719. The van der Waals surface area contributed by atoms with Crippen LogP contribution >= 0.6 is 11.6 Å². The molecule has 4 heterocycles. The van der Waals surface area contributed by atoms with Crippen LogP contribution in [0.3, 0.4) is 0 Å². The highest BCUT2D eigenvalue weighted by Gasteiger charge is 2.24. The third kappa shape index (κ3) is 4.32. The van der Waals surface area contributed by atoms with E-state index in [1.807, 2.05) is 53.2 Å². The highest BCUT2D eigenvalue weighted by Crippen LogP contribution is 2.30. The number of hydrogen-bond donors (Lipinski definition) is 0. The summed E-state index contributed by atoms with van der Waals surface area (Å²) in [5.41, 5.74) is 7.01. The lowest BCUT2D eigenvalue weighted by Gasteiger charge is -2.31. The maximum atomic E-state index is 13.8. The van der Waals surface area contributed by atoms with Crippen molar-refractivity contribution in [3.63, 3.8) is 0 Å². The van der Waals surface area contributed by atoms with E-state index < -0.39 is 0 Å². The van der Waals surface area contributed by atoms with Gasteiger partial charge in [-0.15, -0.1) is 0 Å². The predicted molar refractivity (Wildman–Crippen MR) is 144 cm³/mol. The summed E-state index contributed by atoms with van der Waals surface area (Å²) < 4.78 is 1.93. The molecule has 0 unspecified atom stereocenters. The highest BCUT2D eigenvalue weighted by molar-refractivity contribution is 6.33. The van der Waals surface area contributed by atoms with Gasteiger partial charge in [-0.05, 0) is 53.1 Å². The van der Waals surface area contributed by atoms with Crippen molar-refractivity contribution < 1.29 is 0 Å². The number of aromatic nitrogens is 3. The number of nitrogens with zero attached hydrogens (tertiary/aromatic N) is 4. The van der Waals surface area contributed by atoms with Crippen LogP contribution in [-0.4, -0.2) is 26.0 Å². The fourth-order valence-electron chi connectivity index (χ4n) is 5.16. The minimum Gasteiger partial charge on any atom is -0.307 e. The van der Waals surface area contributed by atoms with E-state index in [2.05, 4.69) is 45.2 Å². The van der Waals surface area contributed by atoms with Gasteiger partial charge in [0.2, 0.25) is 0 Å². The van der Waals surface area contributed by atoms with Crippen LogP contribution in [0.2, 0.25) is 5.02 Å². The molecule has 36 heavy (non-hydrogen) atoms. The summed E-state index contributed by atoms with van der Waals surface area (Å²) >= 11 is 6.55. The van der Waals surface area contributed by atoms with E-state index in [-0.39, 0.29) is 5.56 Å². The summed E-state index contributed by atoms with van der Waals surface area (Å²) in [5, 5.41) is 1.77. The Labute approximate surface area is 214 Å². The van der Waals surface area contributed by atoms with Crippen LogP contribution in [0.15, 0.2) is 96.2 Å². The molecule has 0 aliphatic carbocycles. The first-order valence-corrected chi connectivity index (χ1v) is 12.5. The van der Waals surface area contributed by atoms with Gasteiger partial charge in [-0.2, -0.15) is 0 Å². The molecule has 0 saturated carbocycles. The second-order valence-corrected chi connectivity index (χ2v) is 9.61. The van der Waals surface area contributed by atoms with Crippen LogP contribution in [-0.2, 0) is 26.1 Å². The van der Waals surface area contributed by atoms with E-state index in [0.29, 0.717) is 17.1 Å². The summed E-state index contributed by atoms with van der Waals surface area (Å²) in [5.74, 6) is 0. The highest BCUT2D eigenvalue weighted by atomic mass is 35.5. The first-order valence-electron chi connectivity index (χ1n) is 12.1. The second-order valence-electron chi connectivity index (χ2n) is 9.20. The second kappa shape index (κ2) is 9.69. The zero-order valence-corrected chi connectivity index (χ0v) is 20.5. The molecule has 1 aliphatic rings. The third-order valence-electron chi connectivity index (χ3n) is 6.94. The SMILES string of the molecule is O=c1c(-c2ccccc2Cl)cc2c(n1Cc1ccncc1)CCN(Cc1ccnc3ccccc13)C2. The number of rotatable bonds is 5. The molecule has 0 fully saturated rings. The van der Waals surface area contributed by atoms with Crippen molar-refractivity contribution >= 4 is 22.5 Å². The lowest BCUT2D eigenvalue weighted by atomic mass is 9.98. The fraction of sp³-hybridized carbons (Fsp3) is 0.167. The molecule has 1 aliphatic heterocycles. The quantitative estimate of drug-likeness (QED) is 0.315. The Bertz CT molecular complexity index is 1610. The van der Waals surface area contributed by atoms with Crippen molar-refractivity contribution in [2.45, 2.75) is 26.1 Å². The van der Waals surface area contributed by atoms with Crippen molar-refractivity contribution in [1.82, 2.24) is 19.4 Å². The molecule has 2 aromatic carbocycles. The fourth-order valence-corrected chi connectivity index (χ4v) is 5.39. The van der Waals surface area contributed by atoms with E-state index in [0.717, 1.165) is 48.4 Å². The Morgan fingerprint density at radius 1 is 0.861 bits per heavy atom. The average Bonchev–Trinajstić information content (AvgIpc) is 2.91. The Balaban J connectivity index is 1.41. The first kappa shape index (κ1) is 22.7. The van der Waals surface area contributed by atoms with Crippen LogP contribution in [0.25, 0.3) is 22.0 Å². The Morgan fingerprint density at radius 3 is 2.53 bits per heavy atom. The van der Waals surface area contributed by atoms with Gasteiger partial charge in [0.1, 0.15) is 0 Å². The number of fused-ring (bicyclic) bond motifs is 2. The van der Waals surface area contributed by atoms with Gasteiger partial charge in [0.25, 0.3) is 5.56 Å². The van der Waals surface area contributed by atoms with E-state index >= 15 is 0 Å². The molecule has 0 radical (unpaired) electrons. The normalized spacial score (nSPS) is 13.6. The van der Waals surface area contributed by atoms with Crippen LogP contribution in [0.4, 0.5) is 0 Å². The average molecular weight is 493 g/mol. The Morgan fingerprint density at radius 2 is 1.67 bits per heavy atom. The lowest BCUT2D eigenvalue weighted by molar-refractivity contribution is 0.241. The molecule has 6 heteroatoms. The Kier molecular flexibility index (Phi) is 6.09. The van der Waals surface area contributed by atoms with Gasteiger partial charge in [-0.3, -0.25) is 19.7 Å². The standard InChI is InChI=1S/C30H25ClN4O/c31-27-7-3-1-6-25(27)26-17-23-20-34(19-22-11-15-33-28-8-4-2-5-24(22)28)16-12-29(23)35(30(26)36)18-21-9-13-32-14-10-21/h1-11,13-15,17H,12,16,18-20H2. The molecule has 5 nitrogen and oxygen atoms in total. The molecular weight excluding hydrogens is 468 g/mol. The van der Waals surface area contributed by atoms with Gasteiger partial charge in [0, 0.05) is 71.9 Å². The number of hydrogen-bond acceptors (Lipinski definition) is 4. The number of pyridine rings is 3. The maximum Gasteiger partial charge on any atom is 0.259 e. The van der Waals surface area contributed by atoms with Crippen LogP contribution in [0.5, 0.6) is 0 Å². The van der Waals surface area contributed by atoms with E-state index in [4.69, 9.17) is 11.6 Å². The van der Waals surface area contributed by atoms with Crippen LogP contribution in [0, 0.1) is 0 Å². The summed E-state index contributed by atoms with van der Waals surface area (Å²) in [7, 11) is 0. The van der Waals surface area contributed by atoms with Crippen molar-refractivity contribution in [3.8, 4) is 11.1 Å². The largest absolute Gasteiger partial charge is 0.307 e. The van der Waals surface area contributed by atoms with Crippen molar-refractivity contribution in [1.29, 1.82) is 0 Å². The van der Waals surface area contributed by atoms with Gasteiger partial charge in [0.15, 0.2) is 0 Å². The Hall–Kier alpha value is -3.80. The van der Waals surface area contributed by atoms with Crippen molar-refractivity contribution in [3.05, 3.63) is 129 Å². The summed E-state index contributed by atoms with van der Waals surface area (Å²) in [6.07, 6.45) is 6.23. The molecule has 0 bridgehead atoms. The summed E-state index contributed by atoms with van der Waals surface area (Å²) in [4.78, 5) is 24.9. The summed E-state index contributed by atoms with van der Waals surface area (Å²) in [6.45, 7) is 2.98. The molecule has 0 atom stereocenters. The zero-order valence-electron chi connectivity index (χ0n) is 19.8. The van der Waals surface area contributed by atoms with Gasteiger partial charge >= 0.3 is 0 Å². The van der Waals surface area contributed by atoms with E-state index in [1.165, 1.54) is 16.5 Å². The number of para-hydroxylation sites is 1. The molecule has 3 aromatic heterocycles. The molecule has 0 spiro atoms. The van der Waals surface area contributed by atoms with E-state index in [9.17, 15) is 4.79 Å². The molecule has 0 N–H and O–H groups in total. The molecular formula is C30H25ClN4O. The van der Waals surface area contributed by atoms with Gasteiger partial charge in [-0.25, -0.2) is 0 Å². The van der Waals surface area contributed by atoms with Gasteiger partial charge < -0.3 is 4.57 Å². The minimum atomic E-state index is -0.00719. The zero-order chi connectivity index (χ0) is 24.5. The van der Waals surface area contributed by atoms with Crippen LogP contribution in [0.1, 0.15) is 22.4 Å². The monoisotopic (exact) mass is 492 g/mol. The lowest BCUT2D eigenvalue weighted by Crippen LogP contribution is -2.36.